The quantitative estimate of drug-likeness (QED) is 0.368. The maximum atomic E-state index is 12.8. The highest BCUT2D eigenvalue weighted by atomic mass is 32.2. The van der Waals surface area contributed by atoms with Crippen molar-refractivity contribution < 1.29 is 13.2 Å². The van der Waals surface area contributed by atoms with E-state index < -0.39 is 22.0 Å². The van der Waals surface area contributed by atoms with Gasteiger partial charge in [0.15, 0.2) is 4.34 Å². The molecule has 3 aromatic rings. The van der Waals surface area contributed by atoms with Crippen LogP contribution in [0, 0.1) is 0 Å². The van der Waals surface area contributed by atoms with Crippen molar-refractivity contribution in [3.8, 4) is 0 Å². The number of anilines is 2. The van der Waals surface area contributed by atoms with E-state index in [2.05, 4.69) is 15.5 Å². The van der Waals surface area contributed by atoms with Crippen molar-refractivity contribution in [2.24, 2.45) is 0 Å². The van der Waals surface area contributed by atoms with Crippen LogP contribution in [-0.4, -0.2) is 36.8 Å². The number of carbonyl (C=O) groups excluding carboxylic acids is 1. The molecule has 31 heavy (non-hydrogen) atoms. The highest BCUT2D eigenvalue weighted by Gasteiger charge is 2.29. The minimum absolute atomic E-state index is 0.335. The average Bonchev–Trinajstić information content (AvgIpc) is 3.20. The summed E-state index contributed by atoms with van der Waals surface area (Å²) in [5, 5.41) is 11.1. The van der Waals surface area contributed by atoms with Crippen LogP contribution < -0.4 is 9.62 Å². The molecule has 0 saturated carbocycles. The van der Waals surface area contributed by atoms with E-state index in [0.29, 0.717) is 10.8 Å². The Labute approximate surface area is 191 Å². The SMILES string of the molecule is CCc1ccc(N([C@H](C)C(=O)Nc2nnc(SCc3ccccc3)s2)S(C)(=O)=O)cc1. The lowest BCUT2D eigenvalue weighted by molar-refractivity contribution is -0.116. The second-order valence-electron chi connectivity index (χ2n) is 6.89. The van der Waals surface area contributed by atoms with Crippen LogP contribution in [0.3, 0.4) is 0 Å². The van der Waals surface area contributed by atoms with E-state index in [1.54, 1.807) is 19.1 Å². The standard InChI is InChI=1S/C21H24N4O3S3/c1-4-16-10-12-18(13-11-16)25(31(3,27)28)15(2)19(26)22-20-23-24-21(30-20)29-14-17-8-6-5-7-9-17/h5-13,15H,4,14H2,1-3H3,(H,22,23,26)/t15-/m1/s1. The maximum Gasteiger partial charge on any atom is 0.249 e. The van der Waals surface area contributed by atoms with Crippen molar-refractivity contribution in [2.45, 2.75) is 36.4 Å². The van der Waals surface area contributed by atoms with Gasteiger partial charge in [-0.2, -0.15) is 0 Å². The largest absolute Gasteiger partial charge is 0.299 e. The molecule has 1 aromatic heterocycles. The molecular formula is C21H24N4O3S3. The van der Waals surface area contributed by atoms with Gasteiger partial charge in [0.1, 0.15) is 6.04 Å². The van der Waals surface area contributed by atoms with Gasteiger partial charge in [0.05, 0.1) is 11.9 Å². The molecule has 2 aromatic carbocycles. The number of sulfonamides is 1. The molecule has 1 N–H and O–H groups in total. The van der Waals surface area contributed by atoms with Gasteiger partial charge in [0, 0.05) is 5.75 Å². The number of hydrogen-bond acceptors (Lipinski definition) is 7. The monoisotopic (exact) mass is 476 g/mol. The Bertz CT molecular complexity index is 1120. The van der Waals surface area contributed by atoms with Gasteiger partial charge >= 0.3 is 0 Å². The van der Waals surface area contributed by atoms with Gasteiger partial charge in [-0.3, -0.25) is 14.4 Å². The maximum absolute atomic E-state index is 12.8. The van der Waals surface area contributed by atoms with Crippen LogP contribution in [0.4, 0.5) is 10.8 Å². The van der Waals surface area contributed by atoms with Crippen LogP contribution >= 0.6 is 23.1 Å². The molecule has 0 fully saturated rings. The van der Waals surface area contributed by atoms with E-state index >= 15 is 0 Å². The lowest BCUT2D eigenvalue weighted by Gasteiger charge is -2.28. The fourth-order valence-corrected chi connectivity index (χ4v) is 5.82. The van der Waals surface area contributed by atoms with Crippen molar-refractivity contribution >= 4 is 49.8 Å². The lowest BCUT2D eigenvalue weighted by Crippen LogP contribution is -2.45. The first kappa shape index (κ1) is 23.2. The average molecular weight is 477 g/mol. The third-order valence-electron chi connectivity index (χ3n) is 4.53. The van der Waals surface area contributed by atoms with Gasteiger partial charge in [0.2, 0.25) is 21.1 Å². The first-order valence-electron chi connectivity index (χ1n) is 9.67. The summed E-state index contributed by atoms with van der Waals surface area (Å²) >= 11 is 2.79. The Hall–Kier alpha value is -2.43. The normalized spacial score (nSPS) is 12.4. The number of nitrogens with one attached hydrogen (secondary N) is 1. The molecule has 7 nitrogen and oxygen atoms in total. The van der Waals surface area contributed by atoms with Gasteiger partial charge in [-0.1, -0.05) is 72.5 Å². The second-order valence-corrected chi connectivity index (χ2v) is 11.0. The van der Waals surface area contributed by atoms with Crippen molar-refractivity contribution in [2.75, 3.05) is 15.9 Å². The number of rotatable bonds is 9. The van der Waals surface area contributed by atoms with Crippen molar-refractivity contribution in [3.05, 3.63) is 65.7 Å². The molecule has 0 saturated heterocycles. The van der Waals surface area contributed by atoms with Crippen LogP contribution in [0.1, 0.15) is 25.0 Å². The molecule has 0 radical (unpaired) electrons. The minimum Gasteiger partial charge on any atom is -0.299 e. The van der Waals surface area contributed by atoms with E-state index in [1.807, 2.05) is 49.4 Å². The third-order valence-corrected chi connectivity index (χ3v) is 7.81. The van der Waals surface area contributed by atoms with Gasteiger partial charge in [0.25, 0.3) is 0 Å². The number of aromatic nitrogens is 2. The highest BCUT2D eigenvalue weighted by molar-refractivity contribution is 8.00. The first-order chi connectivity index (χ1) is 14.8. The molecule has 1 amide bonds. The molecular weight excluding hydrogens is 452 g/mol. The Morgan fingerprint density at radius 3 is 2.39 bits per heavy atom. The fraction of sp³-hybridized carbons (Fsp3) is 0.286. The number of aryl methyl sites for hydroxylation is 1. The van der Waals surface area contributed by atoms with Crippen LogP contribution in [0.2, 0.25) is 0 Å². The topological polar surface area (TPSA) is 92.3 Å². The van der Waals surface area contributed by atoms with Crippen molar-refractivity contribution in [1.29, 1.82) is 0 Å². The summed E-state index contributed by atoms with van der Waals surface area (Å²) in [7, 11) is -3.67. The molecule has 10 heteroatoms. The second kappa shape index (κ2) is 10.3. The Balaban J connectivity index is 1.68. The summed E-state index contributed by atoms with van der Waals surface area (Å²) < 4.78 is 26.7. The van der Waals surface area contributed by atoms with Crippen molar-refractivity contribution in [1.82, 2.24) is 10.2 Å². The van der Waals surface area contributed by atoms with E-state index in [4.69, 9.17) is 0 Å². The fourth-order valence-electron chi connectivity index (χ4n) is 2.94. The first-order valence-corrected chi connectivity index (χ1v) is 13.3. The molecule has 1 heterocycles. The number of nitrogens with zero attached hydrogens (tertiary/aromatic N) is 3. The third kappa shape index (κ3) is 6.28. The van der Waals surface area contributed by atoms with E-state index in [0.717, 1.165) is 32.6 Å². The lowest BCUT2D eigenvalue weighted by atomic mass is 10.1. The zero-order valence-electron chi connectivity index (χ0n) is 17.5. The predicted octanol–water partition coefficient (Wildman–Crippen LogP) is 4.19. The van der Waals surface area contributed by atoms with Crippen LogP contribution in [0.5, 0.6) is 0 Å². The summed E-state index contributed by atoms with van der Waals surface area (Å²) in [5.74, 6) is 0.274. The molecule has 0 aliphatic heterocycles. The molecule has 0 unspecified atom stereocenters. The van der Waals surface area contributed by atoms with E-state index in [9.17, 15) is 13.2 Å². The molecule has 1 atom stereocenters. The van der Waals surface area contributed by atoms with Gasteiger partial charge in [-0.05, 0) is 36.6 Å². The smallest absolute Gasteiger partial charge is 0.249 e. The number of thioether (sulfide) groups is 1. The molecule has 0 spiro atoms. The Kier molecular flexibility index (Phi) is 7.69. The van der Waals surface area contributed by atoms with E-state index in [1.165, 1.54) is 28.7 Å². The zero-order valence-corrected chi connectivity index (χ0v) is 19.9. The summed E-state index contributed by atoms with van der Waals surface area (Å²) in [6, 6.07) is 16.2. The van der Waals surface area contributed by atoms with Crippen molar-refractivity contribution in [3.63, 3.8) is 0 Å². The summed E-state index contributed by atoms with van der Waals surface area (Å²) in [6.45, 7) is 3.57. The van der Waals surface area contributed by atoms with Crippen LogP contribution in [0.15, 0.2) is 58.9 Å². The Morgan fingerprint density at radius 1 is 1.10 bits per heavy atom. The number of benzene rings is 2. The van der Waals surface area contributed by atoms with E-state index in [-0.39, 0.29) is 0 Å². The summed E-state index contributed by atoms with van der Waals surface area (Å²) in [6.07, 6.45) is 1.94. The molecule has 0 aliphatic carbocycles. The summed E-state index contributed by atoms with van der Waals surface area (Å²) in [5.41, 5.74) is 2.70. The predicted molar refractivity (Wildman–Crippen MR) is 127 cm³/mol. The van der Waals surface area contributed by atoms with Crippen LogP contribution in [-0.2, 0) is 27.0 Å². The van der Waals surface area contributed by atoms with Crippen LogP contribution in [0.25, 0.3) is 0 Å². The molecule has 164 valence electrons. The number of amides is 1. The molecule has 0 bridgehead atoms. The molecule has 3 rings (SSSR count). The highest BCUT2D eigenvalue weighted by Crippen LogP contribution is 2.29. The molecule has 0 aliphatic rings. The minimum atomic E-state index is -3.67. The number of hydrogen-bond donors (Lipinski definition) is 1. The number of carbonyl (C=O) groups is 1. The van der Waals surface area contributed by atoms with Gasteiger partial charge in [-0.25, -0.2) is 8.42 Å². The van der Waals surface area contributed by atoms with Gasteiger partial charge in [-0.15, -0.1) is 10.2 Å². The van der Waals surface area contributed by atoms with Gasteiger partial charge < -0.3 is 0 Å². The Morgan fingerprint density at radius 2 is 1.77 bits per heavy atom. The summed E-state index contributed by atoms with van der Waals surface area (Å²) in [4.78, 5) is 12.8. The zero-order chi connectivity index (χ0) is 22.4.